The Morgan fingerprint density at radius 2 is 1.81 bits per heavy atom. The largest absolute Gasteiger partial charge is 0.446 e. The van der Waals surface area contributed by atoms with Crippen molar-refractivity contribution in [2.45, 2.75) is 65.0 Å². The zero-order chi connectivity index (χ0) is 26.2. The van der Waals surface area contributed by atoms with Crippen LogP contribution in [0, 0.1) is 23.2 Å². The number of hydrogen-bond acceptors (Lipinski definition) is 3. The van der Waals surface area contributed by atoms with Crippen LogP contribution in [0.25, 0.3) is 10.9 Å². The summed E-state index contributed by atoms with van der Waals surface area (Å²) >= 11 is 0. The van der Waals surface area contributed by atoms with Gasteiger partial charge in [0, 0.05) is 30.1 Å². The zero-order valence-electron chi connectivity index (χ0n) is 22.3. The molecule has 3 fully saturated rings. The summed E-state index contributed by atoms with van der Waals surface area (Å²) in [6.07, 6.45) is 4.47. The van der Waals surface area contributed by atoms with Gasteiger partial charge in [-0.2, -0.15) is 0 Å². The van der Waals surface area contributed by atoms with Crippen LogP contribution in [0.4, 0.5) is 4.79 Å². The van der Waals surface area contributed by atoms with Gasteiger partial charge in [0.2, 0.25) is 5.91 Å². The first-order valence-electron chi connectivity index (χ1n) is 13.5. The van der Waals surface area contributed by atoms with Gasteiger partial charge in [-0.05, 0) is 66.5 Å². The highest BCUT2D eigenvalue weighted by atomic mass is 16.6. The van der Waals surface area contributed by atoms with Gasteiger partial charge in [0.15, 0.2) is 0 Å². The van der Waals surface area contributed by atoms with E-state index in [1.165, 1.54) is 6.42 Å². The Kier molecular flexibility index (Phi) is 6.78. The maximum atomic E-state index is 13.6. The normalized spacial score (nSPS) is 25.5. The molecule has 3 aliphatic rings. The Morgan fingerprint density at radius 1 is 1.08 bits per heavy atom. The lowest BCUT2D eigenvalue weighted by Crippen LogP contribution is -2.61. The molecule has 1 aromatic heterocycles. The number of ether oxygens (including phenoxy) is 1. The molecule has 3 aromatic rings. The lowest BCUT2D eigenvalue weighted by Gasteiger charge is -2.61. The number of rotatable bonds is 8. The van der Waals surface area contributed by atoms with E-state index in [-0.39, 0.29) is 12.0 Å². The molecular formula is C31H39N3O3. The van der Waals surface area contributed by atoms with Crippen LogP contribution in [0.5, 0.6) is 0 Å². The molecule has 37 heavy (non-hydrogen) atoms. The molecule has 6 nitrogen and oxygen atoms in total. The lowest BCUT2D eigenvalue weighted by atomic mass is 9.45. The molecule has 1 heterocycles. The molecule has 2 aromatic carbocycles. The average molecular weight is 502 g/mol. The van der Waals surface area contributed by atoms with E-state index < -0.39 is 11.6 Å². The van der Waals surface area contributed by atoms with Crippen LogP contribution < -0.4 is 10.6 Å². The van der Waals surface area contributed by atoms with Crippen molar-refractivity contribution in [3.05, 3.63) is 71.9 Å². The van der Waals surface area contributed by atoms with Gasteiger partial charge >= 0.3 is 6.09 Å². The molecule has 196 valence electrons. The fourth-order valence-corrected chi connectivity index (χ4v) is 6.65. The number of alkyl carbamates (subject to hydrolysis) is 1. The molecule has 0 unspecified atom stereocenters. The highest BCUT2D eigenvalue weighted by Crippen LogP contribution is 2.61. The standard InChI is InChI=1S/C31H39N3O3/c1-20-25-16-23(30(25,2)3)17-27(20)37-29(36)34-31(4,18-22-19-33-26-13-9-8-12-24(22)26)28(35)32-15-14-21-10-6-5-7-11-21/h5-13,19-20,23,25,27,33H,14-18H2,1-4H3,(H,32,35)(H,34,36)/t20-,23+,25-,27-,31-/m0/s1. The van der Waals surface area contributed by atoms with Gasteiger partial charge in [0.1, 0.15) is 11.6 Å². The number of aromatic nitrogens is 1. The van der Waals surface area contributed by atoms with Crippen molar-refractivity contribution in [1.82, 2.24) is 15.6 Å². The Bertz CT molecular complexity index is 1270. The molecule has 2 amide bonds. The fraction of sp³-hybridized carbons (Fsp3) is 0.484. The van der Waals surface area contributed by atoms with Gasteiger partial charge in [-0.3, -0.25) is 4.79 Å². The summed E-state index contributed by atoms with van der Waals surface area (Å²) in [6.45, 7) is 9.13. The number of nitrogens with one attached hydrogen (secondary N) is 3. The number of H-pyrrole nitrogens is 1. The van der Waals surface area contributed by atoms with E-state index >= 15 is 0 Å². The molecule has 6 rings (SSSR count). The van der Waals surface area contributed by atoms with Gasteiger partial charge < -0.3 is 20.4 Å². The third kappa shape index (κ3) is 4.98. The van der Waals surface area contributed by atoms with E-state index in [0.29, 0.717) is 36.1 Å². The lowest BCUT2D eigenvalue weighted by molar-refractivity contribution is -0.155. The Balaban J connectivity index is 1.29. The van der Waals surface area contributed by atoms with Gasteiger partial charge in [-0.25, -0.2) is 4.79 Å². The van der Waals surface area contributed by atoms with Crippen molar-refractivity contribution in [3.8, 4) is 0 Å². The molecule has 3 saturated carbocycles. The maximum absolute atomic E-state index is 13.6. The van der Waals surface area contributed by atoms with Crippen LogP contribution in [0.3, 0.4) is 0 Å². The first kappa shape index (κ1) is 25.4. The third-order valence-electron chi connectivity index (χ3n) is 9.18. The van der Waals surface area contributed by atoms with Crippen molar-refractivity contribution in [3.63, 3.8) is 0 Å². The number of fused-ring (bicyclic) bond motifs is 3. The highest BCUT2D eigenvalue weighted by Gasteiger charge is 2.57. The van der Waals surface area contributed by atoms with Crippen LogP contribution >= 0.6 is 0 Å². The number of carbonyl (C=O) groups excluding carboxylic acids is 2. The summed E-state index contributed by atoms with van der Waals surface area (Å²) in [4.78, 5) is 30.1. The van der Waals surface area contributed by atoms with Crippen LogP contribution in [0.2, 0.25) is 0 Å². The van der Waals surface area contributed by atoms with Crippen molar-refractivity contribution < 1.29 is 14.3 Å². The molecule has 0 radical (unpaired) electrons. The van der Waals surface area contributed by atoms with E-state index in [4.69, 9.17) is 4.74 Å². The summed E-state index contributed by atoms with van der Waals surface area (Å²) in [5.74, 6) is 1.25. The summed E-state index contributed by atoms with van der Waals surface area (Å²) in [5, 5.41) is 7.08. The molecule has 3 N–H and O–H groups in total. The number of carbonyl (C=O) groups is 2. The van der Waals surface area contributed by atoms with Gasteiger partial charge in [0.05, 0.1) is 0 Å². The van der Waals surface area contributed by atoms with E-state index in [2.05, 4.69) is 36.4 Å². The Morgan fingerprint density at radius 3 is 2.54 bits per heavy atom. The third-order valence-corrected chi connectivity index (χ3v) is 9.18. The topological polar surface area (TPSA) is 83.2 Å². The second kappa shape index (κ2) is 9.88. The minimum absolute atomic E-state index is 0.116. The zero-order valence-corrected chi connectivity index (χ0v) is 22.3. The minimum Gasteiger partial charge on any atom is -0.446 e. The monoisotopic (exact) mass is 501 g/mol. The second-order valence-electron chi connectivity index (χ2n) is 11.9. The maximum Gasteiger partial charge on any atom is 0.408 e. The first-order valence-corrected chi connectivity index (χ1v) is 13.5. The Labute approximate surface area is 219 Å². The predicted octanol–water partition coefficient (Wildman–Crippen LogP) is 5.62. The summed E-state index contributed by atoms with van der Waals surface area (Å²) in [6, 6.07) is 18.1. The van der Waals surface area contributed by atoms with Crippen molar-refractivity contribution in [1.29, 1.82) is 0 Å². The fourth-order valence-electron chi connectivity index (χ4n) is 6.65. The number of hydrogen-bond donors (Lipinski definition) is 3. The second-order valence-corrected chi connectivity index (χ2v) is 11.9. The van der Waals surface area contributed by atoms with Gasteiger partial charge in [-0.15, -0.1) is 0 Å². The molecular weight excluding hydrogens is 462 g/mol. The van der Waals surface area contributed by atoms with Crippen LogP contribution in [0.1, 0.15) is 51.7 Å². The minimum atomic E-state index is -1.17. The molecule has 6 heteroatoms. The van der Waals surface area contributed by atoms with Crippen molar-refractivity contribution >= 4 is 22.9 Å². The molecule has 2 bridgehead atoms. The van der Waals surface area contributed by atoms with Crippen LogP contribution in [-0.4, -0.2) is 35.2 Å². The predicted molar refractivity (Wildman–Crippen MR) is 146 cm³/mol. The number of aromatic amines is 1. The Hall–Kier alpha value is -3.28. The van der Waals surface area contributed by atoms with E-state index in [9.17, 15) is 9.59 Å². The molecule has 5 atom stereocenters. The van der Waals surface area contributed by atoms with E-state index in [0.717, 1.165) is 34.9 Å². The van der Waals surface area contributed by atoms with Gasteiger partial charge in [0.25, 0.3) is 0 Å². The molecule has 0 saturated heterocycles. The molecule has 3 aliphatic carbocycles. The van der Waals surface area contributed by atoms with Crippen LogP contribution in [-0.2, 0) is 22.4 Å². The molecule has 0 aliphatic heterocycles. The smallest absolute Gasteiger partial charge is 0.408 e. The molecule has 0 spiro atoms. The van der Waals surface area contributed by atoms with E-state index in [1.54, 1.807) is 6.92 Å². The number of para-hydroxylation sites is 1. The quantitative estimate of drug-likeness (QED) is 0.374. The van der Waals surface area contributed by atoms with Crippen molar-refractivity contribution in [2.24, 2.45) is 23.2 Å². The van der Waals surface area contributed by atoms with Gasteiger partial charge in [-0.1, -0.05) is 69.3 Å². The van der Waals surface area contributed by atoms with Crippen LogP contribution in [0.15, 0.2) is 60.8 Å². The first-order chi connectivity index (χ1) is 17.7. The summed E-state index contributed by atoms with van der Waals surface area (Å²) < 4.78 is 5.99. The SMILES string of the molecule is C[C@@H]1[C@@H](OC(=O)N[C@@](C)(Cc2c[nH]c3ccccc23)C(=O)NCCc2ccccc2)C[C@H]2C[C@@H]1C2(C)C. The number of benzene rings is 2. The summed E-state index contributed by atoms with van der Waals surface area (Å²) in [7, 11) is 0. The van der Waals surface area contributed by atoms with E-state index in [1.807, 2.05) is 60.8 Å². The van der Waals surface area contributed by atoms with Crippen molar-refractivity contribution in [2.75, 3.05) is 6.54 Å². The summed E-state index contributed by atoms with van der Waals surface area (Å²) in [5.41, 5.74) is 2.29. The highest BCUT2D eigenvalue weighted by molar-refractivity contribution is 5.91. The number of amides is 2. The average Bonchev–Trinajstić information content (AvgIpc) is 3.27.